The largest absolute Gasteiger partial charge is 0.444 e. The van der Waals surface area contributed by atoms with Crippen LogP contribution in [0.4, 0.5) is 10.5 Å². The number of carbonyl (C=O) groups is 3. The lowest BCUT2D eigenvalue weighted by Crippen LogP contribution is -2.51. The summed E-state index contributed by atoms with van der Waals surface area (Å²) >= 11 is 0. The van der Waals surface area contributed by atoms with Crippen molar-refractivity contribution in [3.05, 3.63) is 89.3 Å². The molecule has 1 saturated heterocycles. The fourth-order valence-corrected chi connectivity index (χ4v) is 5.72. The molecule has 238 valence electrons. The van der Waals surface area contributed by atoms with Crippen LogP contribution >= 0.6 is 0 Å². The lowest BCUT2D eigenvalue weighted by Gasteiger charge is -2.35. The van der Waals surface area contributed by atoms with Gasteiger partial charge in [-0.15, -0.1) is 0 Å². The molecule has 1 fully saturated rings. The summed E-state index contributed by atoms with van der Waals surface area (Å²) in [6.07, 6.45) is 3.59. The van der Waals surface area contributed by atoms with Crippen molar-refractivity contribution in [1.29, 1.82) is 0 Å². The molecule has 1 aliphatic rings. The van der Waals surface area contributed by atoms with Gasteiger partial charge < -0.3 is 19.4 Å². The number of piperazine rings is 1. The standard InChI is InChI=1S/C34H38N8O4/c1-6-25-30-26(38-37-25)11-8-12-27(30)42(21-24-10-7-9-22(2)36-24)32(44)28-20-35-29-19-23(13-14-41(28)29)31(43)39-15-17-40(18-16-39)33(45)46-34(3,4)5/h7-14,19-20H,6,15-18,21H2,1-5H3,(H,37,38). The minimum Gasteiger partial charge on any atom is -0.444 e. The van der Waals surface area contributed by atoms with Crippen LogP contribution in [-0.2, 0) is 17.7 Å². The van der Waals surface area contributed by atoms with Crippen LogP contribution in [-0.4, -0.2) is 84.1 Å². The van der Waals surface area contributed by atoms with Crippen molar-refractivity contribution in [2.75, 3.05) is 31.1 Å². The topological polar surface area (TPSA) is 129 Å². The molecule has 0 atom stereocenters. The fourth-order valence-electron chi connectivity index (χ4n) is 5.72. The summed E-state index contributed by atoms with van der Waals surface area (Å²) in [5, 5.41) is 8.46. The van der Waals surface area contributed by atoms with E-state index in [4.69, 9.17) is 4.74 Å². The number of pyridine rings is 2. The number of fused-ring (bicyclic) bond motifs is 2. The number of amides is 3. The van der Waals surface area contributed by atoms with Gasteiger partial charge >= 0.3 is 6.09 Å². The zero-order valence-electron chi connectivity index (χ0n) is 26.8. The molecule has 12 nitrogen and oxygen atoms in total. The highest BCUT2D eigenvalue weighted by Gasteiger charge is 2.29. The van der Waals surface area contributed by atoms with Crippen molar-refractivity contribution in [1.82, 2.24) is 34.4 Å². The molecule has 4 aromatic heterocycles. The molecule has 0 bridgehead atoms. The fraction of sp³-hybridized carbons (Fsp3) is 0.353. The number of hydrogen-bond acceptors (Lipinski definition) is 7. The number of aromatic nitrogens is 5. The Kier molecular flexibility index (Phi) is 8.20. The van der Waals surface area contributed by atoms with E-state index in [2.05, 4.69) is 20.2 Å². The maximum absolute atomic E-state index is 14.4. The van der Waals surface area contributed by atoms with Crippen LogP contribution in [0.2, 0.25) is 0 Å². The number of nitrogens with one attached hydrogen (secondary N) is 1. The van der Waals surface area contributed by atoms with E-state index in [-0.39, 0.29) is 24.5 Å². The van der Waals surface area contributed by atoms with Crippen molar-refractivity contribution in [3.63, 3.8) is 0 Å². The first-order valence-corrected chi connectivity index (χ1v) is 15.5. The number of benzene rings is 1. The molecule has 0 spiro atoms. The number of hydrogen-bond donors (Lipinski definition) is 1. The van der Waals surface area contributed by atoms with Gasteiger partial charge in [-0.2, -0.15) is 5.10 Å². The minimum absolute atomic E-state index is 0.159. The predicted octanol–water partition coefficient (Wildman–Crippen LogP) is 5.02. The Hall–Kier alpha value is -5.26. The van der Waals surface area contributed by atoms with Gasteiger partial charge in [0.15, 0.2) is 0 Å². The molecule has 0 radical (unpaired) electrons. The Morgan fingerprint density at radius 3 is 2.46 bits per heavy atom. The highest BCUT2D eigenvalue weighted by Crippen LogP contribution is 2.31. The van der Waals surface area contributed by atoms with Crippen molar-refractivity contribution >= 4 is 40.1 Å². The maximum atomic E-state index is 14.4. The van der Waals surface area contributed by atoms with Gasteiger partial charge in [-0.1, -0.05) is 19.1 Å². The Morgan fingerprint density at radius 2 is 1.74 bits per heavy atom. The molecule has 46 heavy (non-hydrogen) atoms. The molecule has 1 aromatic carbocycles. The van der Waals surface area contributed by atoms with E-state index in [1.165, 1.54) is 0 Å². The third kappa shape index (κ3) is 6.15. The molecule has 1 aliphatic heterocycles. The van der Waals surface area contributed by atoms with Crippen LogP contribution < -0.4 is 4.90 Å². The van der Waals surface area contributed by atoms with Gasteiger partial charge in [0.25, 0.3) is 11.8 Å². The van der Waals surface area contributed by atoms with E-state index in [0.29, 0.717) is 43.1 Å². The number of aromatic amines is 1. The Morgan fingerprint density at radius 1 is 1.00 bits per heavy atom. The smallest absolute Gasteiger partial charge is 0.410 e. The molecular weight excluding hydrogens is 584 g/mol. The summed E-state index contributed by atoms with van der Waals surface area (Å²) in [7, 11) is 0. The van der Waals surface area contributed by atoms with Crippen LogP contribution in [0.15, 0.2) is 60.9 Å². The van der Waals surface area contributed by atoms with Crippen LogP contribution in [0.1, 0.15) is 65.6 Å². The average molecular weight is 623 g/mol. The number of nitrogens with zero attached hydrogens (tertiary/aromatic N) is 7. The number of aryl methyl sites for hydroxylation is 2. The molecule has 5 aromatic rings. The molecule has 3 amide bonds. The van der Waals surface area contributed by atoms with Crippen LogP contribution in [0, 0.1) is 6.92 Å². The Balaban J connectivity index is 1.27. The third-order valence-corrected chi connectivity index (χ3v) is 7.99. The van der Waals surface area contributed by atoms with E-state index in [1.54, 1.807) is 43.6 Å². The molecule has 1 N–H and O–H groups in total. The van der Waals surface area contributed by atoms with Gasteiger partial charge in [-0.3, -0.25) is 24.1 Å². The number of carbonyl (C=O) groups excluding carboxylic acids is 3. The van der Waals surface area contributed by atoms with Crippen molar-refractivity contribution in [2.24, 2.45) is 0 Å². The van der Waals surface area contributed by atoms with Crippen LogP contribution in [0.5, 0.6) is 0 Å². The normalized spacial score (nSPS) is 13.8. The molecule has 0 aliphatic carbocycles. The van der Waals surface area contributed by atoms with Crippen molar-refractivity contribution in [2.45, 2.75) is 53.2 Å². The molecule has 6 rings (SSSR count). The van der Waals surface area contributed by atoms with Gasteiger partial charge in [-0.25, -0.2) is 9.78 Å². The number of imidazole rings is 1. The van der Waals surface area contributed by atoms with Gasteiger partial charge in [0, 0.05) is 54.7 Å². The first kappa shape index (κ1) is 30.8. The Bertz CT molecular complexity index is 1930. The van der Waals surface area contributed by atoms with E-state index in [9.17, 15) is 14.4 Å². The minimum atomic E-state index is -0.580. The number of H-pyrrole nitrogens is 1. The van der Waals surface area contributed by atoms with Crippen LogP contribution in [0.3, 0.4) is 0 Å². The summed E-state index contributed by atoms with van der Waals surface area (Å²) in [5.74, 6) is -0.419. The van der Waals surface area contributed by atoms with E-state index >= 15 is 0 Å². The molecular formula is C34H38N8O4. The van der Waals surface area contributed by atoms with Gasteiger partial charge in [0.05, 0.1) is 29.6 Å². The first-order valence-electron chi connectivity index (χ1n) is 15.5. The highest BCUT2D eigenvalue weighted by molar-refractivity contribution is 6.10. The molecule has 5 heterocycles. The van der Waals surface area contributed by atoms with Gasteiger partial charge in [-0.05, 0) is 70.5 Å². The van der Waals surface area contributed by atoms with Gasteiger partial charge in [0.2, 0.25) is 0 Å². The van der Waals surface area contributed by atoms with Gasteiger partial charge in [0.1, 0.15) is 16.9 Å². The summed E-state index contributed by atoms with van der Waals surface area (Å²) in [6.45, 7) is 11.3. The van der Waals surface area contributed by atoms with Crippen LogP contribution in [0.25, 0.3) is 16.6 Å². The quantitative estimate of drug-likeness (QED) is 0.282. The summed E-state index contributed by atoms with van der Waals surface area (Å²) in [5.41, 5.74) is 4.76. The zero-order chi connectivity index (χ0) is 32.6. The number of rotatable bonds is 6. The van der Waals surface area contributed by atoms with Crippen molar-refractivity contribution in [3.8, 4) is 0 Å². The molecule has 0 saturated carbocycles. The van der Waals surface area contributed by atoms with E-state index in [0.717, 1.165) is 40.1 Å². The lowest BCUT2D eigenvalue weighted by molar-refractivity contribution is 0.0141. The summed E-state index contributed by atoms with van der Waals surface area (Å²) < 4.78 is 7.17. The molecule has 12 heteroatoms. The van der Waals surface area contributed by atoms with E-state index < -0.39 is 5.60 Å². The zero-order valence-corrected chi connectivity index (χ0v) is 26.8. The van der Waals surface area contributed by atoms with E-state index in [1.807, 2.05) is 71.0 Å². The number of ether oxygens (including phenoxy) is 1. The molecule has 0 unspecified atom stereocenters. The predicted molar refractivity (Wildman–Crippen MR) is 174 cm³/mol. The summed E-state index contributed by atoms with van der Waals surface area (Å²) in [6, 6.07) is 14.9. The lowest BCUT2D eigenvalue weighted by atomic mass is 10.1. The second kappa shape index (κ2) is 12.3. The third-order valence-electron chi connectivity index (χ3n) is 7.99. The van der Waals surface area contributed by atoms with Crippen molar-refractivity contribution < 1.29 is 19.1 Å². The Labute approximate surface area is 267 Å². The monoisotopic (exact) mass is 622 g/mol. The second-order valence-corrected chi connectivity index (χ2v) is 12.4. The average Bonchev–Trinajstić information content (AvgIpc) is 3.66. The SMILES string of the molecule is CCc1[nH]nc2cccc(N(Cc3cccc(C)n3)C(=O)c3cnc4cc(C(=O)N5CCN(C(=O)OC(C)(C)C)CC5)ccn34)c12. The first-order chi connectivity index (χ1) is 22.0. The summed E-state index contributed by atoms with van der Waals surface area (Å²) in [4.78, 5) is 54.5. The maximum Gasteiger partial charge on any atom is 0.410 e. The second-order valence-electron chi connectivity index (χ2n) is 12.4. The number of anilines is 1. The highest BCUT2D eigenvalue weighted by atomic mass is 16.6.